The standard InChI is InChI=1S/C13H25NO/c1-3-5-8-11(4-2)14-12-9-6-7-10-13(12)15/h3,11-15H,1,4-10H2,2H3/t11-,12-,13-/m0/s1. The second kappa shape index (κ2) is 7.02. The maximum absolute atomic E-state index is 9.86. The highest BCUT2D eigenvalue weighted by molar-refractivity contribution is 4.84. The van der Waals surface area contributed by atoms with Crippen LogP contribution in [0.15, 0.2) is 12.7 Å². The van der Waals surface area contributed by atoms with Gasteiger partial charge in [0.05, 0.1) is 6.10 Å². The van der Waals surface area contributed by atoms with E-state index in [1.807, 2.05) is 6.08 Å². The molecule has 1 fully saturated rings. The number of aliphatic hydroxyl groups is 1. The molecule has 1 saturated carbocycles. The van der Waals surface area contributed by atoms with E-state index in [1.165, 1.54) is 12.8 Å². The first-order valence-corrected chi connectivity index (χ1v) is 6.33. The molecule has 0 unspecified atom stereocenters. The predicted octanol–water partition coefficient (Wildman–Crippen LogP) is 2.62. The minimum absolute atomic E-state index is 0.128. The van der Waals surface area contributed by atoms with Gasteiger partial charge in [-0.2, -0.15) is 0 Å². The van der Waals surface area contributed by atoms with Crippen LogP contribution in [-0.2, 0) is 0 Å². The van der Waals surface area contributed by atoms with E-state index in [0.717, 1.165) is 32.1 Å². The maximum atomic E-state index is 9.86. The van der Waals surface area contributed by atoms with Gasteiger partial charge in [0.25, 0.3) is 0 Å². The number of aliphatic hydroxyl groups excluding tert-OH is 1. The Kier molecular flexibility index (Phi) is 5.96. The molecule has 0 aromatic carbocycles. The Morgan fingerprint density at radius 2 is 2.20 bits per heavy atom. The molecule has 0 radical (unpaired) electrons. The van der Waals surface area contributed by atoms with E-state index in [0.29, 0.717) is 12.1 Å². The van der Waals surface area contributed by atoms with Gasteiger partial charge >= 0.3 is 0 Å². The Labute approximate surface area is 93.8 Å². The van der Waals surface area contributed by atoms with Gasteiger partial charge in [-0.3, -0.25) is 0 Å². The van der Waals surface area contributed by atoms with Crippen molar-refractivity contribution < 1.29 is 5.11 Å². The van der Waals surface area contributed by atoms with Crippen LogP contribution in [0.2, 0.25) is 0 Å². The molecule has 0 saturated heterocycles. The lowest BCUT2D eigenvalue weighted by atomic mass is 9.91. The minimum Gasteiger partial charge on any atom is -0.392 e. The van der Waals surface area contributed by atoms with Crippen LogP contribution in [0, 0.1) is 0 Å². The number of hydrogen-bond acceptors (Lipinski definition) is 2. The molecule has 0 aromatic rings. The number of nitrogens with one attached hydrogen (secondary N) is 1. The monoisotopic (exact) mass is 211 g/mol. The zero-order chi connectivity index (χ0) is 11.1. The van der Waals surface area contributed by atoms with Crippen LogP contribution in [0.25, 0.3) is 0 Å². The van der Waals surface area contributed by atoms with Crippen molar-refractivity contribution in [2.45, 2.75) is 70.1 Å². The quantitative estimate of drug-likeness (QED) is 0.662. The van der Waals surface area contributed by atoms with Crippen LogP contribution < -0.4 is 5.32 Å². The lowest BCUT2D eigenvalue weighted by Crippen LogP contribution is -2.46. The number of hydrogen-bond donors (Lipinski definition) is 2. The molecule has 88 valence electrons. The molecule has 3 atom stereocenters. The first kappa shape index (κ1) is 12.7. The second-order valence-electron chi connectivity index (χ2n) is 4.60. The van der Waals surface area contributed by atoms with Crippen LogP contribution in [0.3, 0.4) is 0 Å². The van der Waals surface area contributed by atoms with Crippen molar-refractivity contribution in [3.63, 3.8) is 0 Å². The normalized spacial score (nSPS) is 28.7. The van der Waals surface area contributed by atoms with Crippen molar-refractivity contribution in [2.24, 2.45) is 0 Å². The van der Waals surface area contributed by atoms with Gasteiger partial charge in [-0.25, -0.2) is 0 Å². The van der Waals surface area contributed by atoms with Crippen LogP contribution in [0.1, 0.15) is 51.9 Å². The van der Waals surface area contributed by atoms with Gasteiger partial charge in [-0.05, 0) is 32.1 Å². The highest BCUT2D eigenvalue weighted by Crippen LogP contribution is 2.19. The van der Waals surface area contributed by atoms with Crippen molar-refractivity contribution in [2.75, 3.05) is 0 Å². The molecular weight excluding hydrogens is 186 g/mol. The summed E-state index contributed by atoms with van der Waals surface area (Å²) in [5.74, 6) is 0. The molecule has 1 aliphatic rings. The van der Waals surface area contributed by atoms with E-state index in [1.54, 1.807) is 0 Å². The van der Waals surface area contributed by atoms with E-state index in [2.05, 4.69) is 18.8 Å². The van der Waals surface area contributed by atoms with Crippen molar-refractivity contribution in [1.29, 1.82) is 0 Å². The molecule has 2 heteroatoms. The molecule has 0 aromatic heterocycles. The van der Waals surface area contributed by atoms with Crippen molar-refractivity contribution in [1.82, 2.24) is 5.32 Å². The van der Waals surface area contributed by atoms with Crippen molar-refractivity contribution >= 4 is 0 Å². The predicted molar refractivity (Wildman–Crippen MR) is 64.9 cm³/mol. The SMILES string of the molecule is C=CCC[C@H](CC)N[C@H]1CCCC[C@@H]1O. The second-order valence-corrected chi connectivity index (χ2v) is 4.60. The molecule has 2 N–H and O–H groups in total. The molecule has 1 rings (SSSR count). The topological polar surface area (TPSA) is 32.3 Å². The third kappa shape index (κ3) is 4.35. The van der Waals surface area contributed by atoms with Gasteiger partial charge in [0.1, 0.15) is 0 Å². The third-order valence-corrected chi connectivity index (χ3v) is 3.39. The zero-order valence-corrected chi connectivity index (χ0v) is 9.91. The number of rotatable bonds is 6. The van der Waals surface area contributed by atoms with E-state index < -0.39 is 0 Å². The highest BCUT2D eigenvalue weighted by atomic mass is 16.3. The van der Waals surface area contributed by atoms with Crippen molar-refractivity contribution in [3.05, 3.63) is 12.7 Å². The summed E-state index contributed by atoms with van der Waals surface area (Å²) >= 11 is 0. The van der Waals surface area contributed by atoms with E-state index >= 15 is 0 Å². The summed E-state index contributed by atoms with van der Waals surface area (Å²) in [5, 5.41) is 13.4. The van der Waals surface area contributed by atoms with Crippen LogP contribution in [0.4, 0.5) is 0 Å². The van der Waals surface area contributed by atoms with Crippen LogP contribution >= 0.6 is 0 Å². The Morgan fingerprint density at radius 1 is 1.47 bits per heavy atom. The smallest absolute Gasteiger partial charge is 0.0693 e. The summed E-state index contributed by atoms with van der Waals surface area (Å²) < 4.78 is 0. The van der Waals surface area contributed by atoms with E-state index in [9.17, 15) is 5.11 Å². The third-order valence-electron chi connectivity index (χ3n) is 3.39. The van der Waals surface area contributed by atoms with Crippen LogP contribution in [0.5, 0.6) is 0 Å². The minimum atomic E-state index is -0.128. The fraction of sp³-hybridized carbons (Fsp3) is 0.846. The average Bonchev–Trinajstić information content (AvgIpc) is 2.26. The largest absolute Gasteiger partial charge is 0.392 e. The molecule has 0 aliphatic heterocycles. The molecule has 0 spiro atoms. The first-order chi connectivity index (χ1) is 7.27. The molecule has 2 nitrogen and oxygen atoms in total. The van der Waals surface area contributed by atoms with Gasteiger partial charge in [-0.15, -0.1) is 6.58 Å². The molecule has 0 amide bonds. The molecular formula is C13H25NO. The lowest BCUT2D eigenvalue weighted by molar-refractivity contribution is 0.0838. The Bertz CT molecular complexity index is 181. The molecule has 0 bridgehead atoms. The first-order valence-electron chi connectivity index (χ1n) is 6.33. The summed E-state index contributed by atoms with van der Waals surface area (Å²) in [5.41, 5.74) is 0. The van der Waals surface area contributed by atoms with Gasteiger partial charge in [0.15, 0.2) is 0 Å². The molecule has 15 heavy (non-hydrogen) atoms. The Morgan fingerprint density at radius 3 is 2.80 bits per heavy atom. The summed E-state index contributed by atoms with van der Waals surface area (Å²) in [7, 11) is 0. The van der Waals surface area contributed by atoms with E-state index in [-0.39, 0.29) is 6.10 Å². The number of allylic oxidation sites excluding steroid dienone is 1. The summed E-state index contributed by atoms with van der Waals surface area (Å²) in [6.07, 6.45) is 9.73. The van der Waals surface area contributed by atoms with Gasteiger partial charge in [-0.1, -0.05) is 25.8 Å². The summed E-state index contributed by atoms with van der Waals surface area (Å²) in [4.78, 5) is 0. The van der Waals surface area contributed by atoms with Gasteiger partial charge in [0.2, 0.25) is 0 Å². The Hall–Kier alpha value is -0.340. The van der Waals surface area contributed by atoms with Crippen molar-refractivity contribution in [3.8, 4) is 0 Å². The summed E-state index contributed by atoms with van der Waals surface area (Å²) in [6.45, 7) is 5.96. The maximum Gasteiger partial charge on any atom is 0.0693 e. The zero-order valence-electron chi connectivity index (χ0n) is 9.91. The fourth-order valence-electron chi connectivity index (χ4n) is 2.33. The van der Waals surface area contributed by atoms with E-state index in [4.69, 9.17) is 0 Å². The molecule has 0 heterocycles. The average molecular weight is 211 g/mol. The van der Waals surface area contributed by atoms with Gasteiger partial charge in [0, 0.05) is 12.1 Å². The lowest BCUT2D eigenvalue weighted by Gasteiger charge is -2.32. The fourth-order valence-corrected chi connectivity index (χ4v) is 2.33. The van der Waals surface area contributed by atoms with Crippen LogP contribution in [-0.4, -0.2) is 23.3 Å². The summed E-state index contributed by atoms with van der Waals surface area (Å²) in [6, 6.07) is 0.870. The highest BCUT2D eigenvalue weighted by Gasteiger charge is 2.24. The Balaban J connectivity index is 2.31. The van der Waals surface area contributed by atoms with Gasteiger partial charge < -0.3 is 10.4 Å². The molecule has 1 aliphatic carbocycles.